The van der Waals surface area contributed by atoms with Gasteiger partial charge in [0.2, 0.25) is 0 Å². The molecule has 3 rings (SSSR count). The highest BCUT2D eigenvalue weighted by atomic mass is 35.5. The minimum atomic E-state index is -0.117. The van der Waals surface area contributed by atoms with E-state index in [1.54, 1.807) is 22.7 Å². The van der Waals surface area contributed by atoms with Crippen molar-refractivity contribution in [3.8, 4) is 0 Å². The lowest BCUT2D eigenvalue weighted by molar-refractivity contribution is 0.257. The number of nitrogens with one attached hydrogen (secondary N) is 1. The molecule has 0 unspecified atom stereocenters. The number of hydrogen-bond donors (Lipinski definition) is 1. The highest BCUT2D eigenvalue weighted by Gasteiger charge is 2.22. The molecule has 2 aromatic carbocycles. The van der Waals surface area contributed by atoms with Crippen LogP contribution in [0.1, 0.15) is 5.56 Å². The number of anilines is 2. The van der Waals surface area contributed by atoms with Crippen LogP contribution in [0.4, 0.5) is 16.2 Å². The number of amides is 2. The van der Waals surface area contributed by atoms with Crippen molar-refractivity contribution in [2.45, 2.75) is 11.8 Å². The van der Waals surface area contributed by atoms with Gasteiger partial charge in [-0.25, -0.2) is 4.79 Å². The van der Waals surface area contributed by atoms with Crippen molar-refractivity contribution in [2.24, 2.45) is 0 Å². The summed E-state index contributed by atoms with van der Waals surface area (Å²) in [6.07, 6.45) is 0. The first-order valence-electron chi connectivity index (χ1n) is 6.71. The lowest BCUT2D eigenvalue weighted by atomic mass is 10.2. The molecule has 1 N–H and O–H groups in total. The SMILES string of the molecule is Cc1ccc(Cl)cc1NC(=O)N1CCSc2ccccc21. The van der Waals surface area contributed by atoms with Gasteiger partial charge < -0.3 is 5.32 Å². The minimum Gasteiger partial charge on any atom is -0.307 e. The summed E-state index contributed by atoms with van der Waals surface area (Å²) in [5.41, 5.74) is 2.71. The predicted octanol–water partition coefficient (Wildman–Crippen LogP) is 4.79. The van der Waals surface area contributed by atoms with Crippen LogP contribution in [-0.2, 0) is 0 Å². The Bertz CT molecular complexity index is 690. The van der Waals surface area contributed by atoms with Crippen molar-refractivity contribution >= 4 is 40.8 Å². The topological polar surface area (TPSA) is 32.3 Å². The van der Waals surface area contributed by atoms with Gasteiger partial charge in [0.1, 0.15) is 0 Å². The summed E-state index contributed by atoms with van der Waals surface area (Å²) in [5, 5.41) is 3.57. The summed E-state index contributed by atoms with van der Waals surface area (Å²) in [5.74, 6) is 0.902. The van der Waals surface area contributed by atoms with Crippen molar-refractivity contribution < 1.29 is 4.79 Å². The second kappa shape index (κ2) is 6.00. The van der Waals surface area contributed by atoms with Gasteiger partial charge in [-0.2, -0.15) is 0 Å². The van der Waals surface area contributed by atoms with Crippen molar-refractivity contribution in [1.82, 2.24) is 0 Å². The molecule has 5 heteroatoms. The van der Waals surface area contributed by atoms with Crippen LogP contribution < -0.4 is 10.2 Å². The van der Waals surface area contributed by atoms with Crippen LogP contribution in [0.5, 0.6) is 0 Å². The first-order chi connectivity index (χ1) is 10.1. The fraction of sp³-hybridized carbons (Fsp3) is 0.188. The third-order valence-electron chi connectivity index (χ3n) is 3.41. The van der Waals surface area contributed by atoms with Crippen LogP contribution in [0.15, 0.2) is 47.4 Å². The van der Waals surface area contributed by atoms with E-state index in [0.29, 0.717) is 11.6 Å². The molecule has 1 aliphatic rings. The van der Waals surface area contributed by atoms with E-state index >= 15 is 0 Å². The molecule has 0 fully saturated rings. The molecule has 0 aliphatic carbocycles. The Hall–Kier alpha value is -1.65. The Balaban J connectivity index is 1.85. The first kappa shape index (κ1) is 14.3. The average molecular weight is 319 g/mol. The number of aryl methyl sites for hydroxylation is 1. The van der Waals surface area contributed by atoms with Crippen LogP contribution in [0, 0.1) is 6.92 Å². The third-order valence-corrected chi connectivity index (χ3v) is 4.69. The molecular weight excluding hydrogens is 304 g/mol. The maximum Gasteiger partial charge on any atom is 0.326 e. The smallest absolute Gasteiger partial charge is 0.307 e. The van der Waals surface area contributed by atoms with Gasteiger partial charge in [-0.05, 0) is 36.8 Å². The van der Waals surface area contributed by atoms with Gasteiger partial charge >= 0.3 is 6.03 Å². The molecule has 108 valence electrons. The average Bonchev–Trinajstić information content (AvgIpc) is 2.50. The maximum absolute atomic E-state index is 12.6. The molecule has 0 radical (unpaired) electrons. The molecule has 0 saturated carbocycles. The summed E-state index contributed by atoms with van der Waals surface area (Å²) in [4.78, 5) is 15.5. The number of halogens is 1. The number of thioether (sulfide) groups is 1. The largest absolute Gasteiger partial charge is 0.326 e. The Morgan fingerprint density at radius 2 is 2.10 bits per heavy atom. The van der Waals surface area contributed by atoms with E-state index in [0.717, 1.165) is 27.6 Å². The zero-order chi connectivity index (χ0) is 14.8. The number of nitrogens with zero attached hydrogens (tertiary/aromatic N) is 1. The van der Waals surface area contributed by atoms with Crippen molar-refractivity contribution in [3.63, 3.8) is 0 Å². The summed E-state index contributed by atoms with van der Waals surface area (Å²) in [6.45, 7) is 2.65. The van der Waals surface area contributed by atoms with Crippen LogP contribution in [0.25, 0.3) is 0 Å². The number of hydrogen-bond acceptors (Lipinski definition) is 2. The van der Waals surface area contributed by atoms with Gasteiger partial charge in [0, 0.05) is 27.9 Å². The molecule has 21 heavy (non-hydrogen) atoms. The lowest BCUT2D eigenvalue weighted by Crippen LogP contribution is -2.38. The Morgan fingerprint density at radius 3 is 2.95 bits per heavy atom. The van der Waals surface area contributed by atoms with Crippen molar-refractivity contribution in [1.29, 1.82) is 0 Å². The highest BCUT2D eigenvalue weighted by molar-refractivity contribution is 7.99. The Labute approximate surface area is 133 Å². The number of rotatable bonds is 1. The summed E-state index contributed by atoms with van der Waals surface area (Å²) in [6, 6.07) is 13.4. The maximum atomic E-state index is 12.6. The molecule has 1 aliphatic heterocycles. The molecule has 0 aromatic heterocycles. The van der Waals surface area contributed by atoms with Gasteiger partial charge in [0.05, 0.1) is 5.69 Å². The fourth-order valence-corrected chi connectivity index (χ4v) is 3.46. The fourth-order valence-electron chi connectivity index (χ4n) is 2.29. The number of para-hydroxylation sites is 1. The second-order valence-corrected chi connectivity index (χ2v) is 6.43. The van der Waals surface area contributed by atoms with Crippen molar-refractivity contribution in [2.75, 3.05) is 22.5 Å². The standard InChI is InChI=1S/C16H15ClN2OS/c1-11-6-7-12(17)10-13(11)18-16(20)19-8-9-21-15-5-3-2-4-14(15)19/h2-7,10H,8-9H2,1H3,(H,18,20). The van der Waals surface area contributed by atoms with E-state index in [2.05, 4.69) is 5.32 Å². The van der Waals surface area contributed by atoms with E-state index in [-0.39, 0.29) is 6.03 Å². The van der Waals surface area contributed by atoms with Gasteiger partial charge in [-0.15, -0.1) is 11.8 Å². The van der Waals surface area contributed by atoms with E-state index < -0.39 is 0 Å². The molecule has 0 bridgehead atoms. The number of carbonyl (C=O) groups excluding carboxylic acids is 1. The lowest BCUT2D eigenvalue weighted by Gasteiger charge is -2.29. The molecule has 0 saturated heterocycles. The molecule has 0 atom stereocenters. The minimum absolute atomic E-state index is 0.117. The number of fused-ring (bicyclic) bond motifs is 1. The second-order valence-electron chi connectivity index (χ2n) is 4.86. The molecular formula is C16H15ClN2OS. The van der Waals surface area contributed by atoms with Gasteiger partial charge in [-0.1, -0.05) is 29.8 Å². The van der Waals surface area contributed by atoms with E-state index in [1.807, 2.05) is 43.3 Å². The third kappa shape index (κ3) is 3.01. The van der Waals surface area contributed by atoms with Crippen molar-refractivity contribution in [3.05, 3.63) is 53.1 Å². The monoisotopic (exact) mass is 318 g/mol. The Kier molecular flexibility index (Phi) is 4.08. The van der Waals surface area contributed by atoms with Gasteiger partial charge in [0.15, 0.2) is 0 Å². The van der Waals surface area contributed by atoms with E-state index in [9.17, 15) is 4.79 Å². The molecule has 2 amide bonds. The van der Waals surface area contributed by atoms with Crippen LogP contribution in [0.2, 0.25) is 5.02 Å². The quantitative estimate of drug-likeness (QED) is 0.819. The molecule has 1 heterocycles. The van der Waals surface area contributed by atoms with Crippen LogP contribution in [-0.4, -0.2) is 18.3 Å². The first-order valence-corrected chi connectivity index (χ1v) is 8.08. The molecule has 2 aromatic rings. The Morgan fingerprint density at radius 1 is 1.29 bits per heavy atom. The summed E-state index contributed by atoms with van der Waals surface area (Å²) >= 11 is 7.78. The summed E-state index contributed by atoms with van der Waals surface area (Å²) in [7, 11) is 0. The zero-order valence-corrected chi connectivity index (χ0v) is 13.2. The predicted molar refractivity (Wildman–Crippen MR) is 89.7 cm³/mol. The number of benzene rings is 2. The molecule has 0 spiro atoms. The molecule has 3 nitrogen and oxygen atoms in total. The normalized spacial score (nSPS) is 13.7. The summed E-state index contributed by atoms with van der Waals surface area (Å²) < 4.78 is 0. The van der Waals surface area contributed by atoms with Gasteiger partial charge in [0.25, 0.3) is 0 Å². The number of carbonyl (C=O) groups is 1. The van der Waals surface area contributed by atoms with Gasteiger partial charge in [-0.3, -0.25) is 4.90 Å². The zero-order valence-electron chi connectivity index (χ0n) is 11.6. The van der Waals surface area contributed by atoms with E-state index in [1.165, 1.54) is 0 Å². The van der Waals surface area contributed by atoms with E-state index in [4.69, 9.17) is 11.6 Å². The highest BCUT2D eigenvalue weighted by Crippen LogP contribution is 2.34. The number of urea groups is 1. The van der Waals surface area contributed by atoms with Crippen LogP contribution in [0.3, 0.4) is 0 Å². The van der Waals surface area contributed by atoms with Crippen LogP contribution >= 0.6 is 23.4 Å².